The van der Waals surface area contributed by atoms with Gasteiger partial charge in [-0.3, -0.25) is 4.90 Å². The van der Waals surface area contributed by atoms with E-state index in [1.54, 1.807) is 0 Å². The fourth-order valence-electron chi connectivity index (χ4n) is 3.75. The lowest BCUT2D eigenvalue weighted by Crippen LogP contribution is -2.37. The first-order valence-corrected chi connectivity index (χ1v) is 10.2. The highest BCUT2D eigenvalue weighted by Gasteiger charge is 2.23. The Balaban J connectivity index is 1.70. The number of morpholine rings is 1. The minimum absolute atomic E-state index is 0.816. The standard InChI is InChI=1S/C19H28N4OS/c1-13-4-6-23(7-5-13)18-17-14(2)15(3)25-19(17)21-16(20-18)12-22-8-10-24-11-9-22/h13H,4-12H2,1-3H3. The van der Waals surface area contributed by atoms with Crippen LogP contribution in [0.15, 0.2) is 0 Å². The lowest BCUT2D eigenvalue weighted by atomic mass is 9.99. The molecule has 5 nitrogen and oxygen atoms in total. The van der Waals surface area contributed by atoms with Gasteiger partial charge in [0.25, 0.3) is 0 Å². The van der Waals surface area contributed by atoms with Gasteiger partial charge in [-0.15, -0.1) is 11.3 Å². The van der Waals surface area contributed by atoms with Crippen molar-refractivity contribution in [3.8, 4) is 0 Å². The van der Waals surface area contributed by atoms with E-state index in [1.165, 1.54) is 34.5 Å². The molecule has 136 valence electrons. The predicted octanol–water partition coefficient (Wildman–Crippen LogP) is 3.38. The Morgan fingerprint density at radius 3 is 2.52 bits per heavy atom. The van der Waals surface area contributed by atoms with Gasteiger partial charge in [0.2, 0.25) is 0 Å². The highest BCUT2D eigenvalue weighted by molar-refractivity contribution is 7.18. The Morgan fingerprint density at radius 1 is 1.08 bits per heavy atom. The first-order chi connectivity index (χ1) is 12.1. The van der Waals surface area contributed by atoms with Crippen LogP contribution in [0.3, 0.4) is 0 Å². The molecule has 0 unspecified atom stereocenters. The van der Waals surface area contributed by atoms with Crippen LogP contribution in [-0.4, -0.2) is 54.3 Å². The van der Waals surface area contributed by atoms with E-state index in [9.17, 15) is 0 Å². The van der Waals surface area contributed by atoms with E-state index < -0.39 is 0 Å². The molecular weight excluding hydrogens is 332 g/mol. The van der Waals surface area contributed by atoms with E-state index in [0.29, 0.717) is 0 Å². The first-order valence-electron chi connectivity index (χ1n) is 9.43. The third-order valence-corrected chi connectivity index (χ3v) is 6.71. The number of thiophene rings is 1. The van der Waals surface area contributed by atoms with Crippen molar-refractivity contribution < 1.29 is 4.74 Å². The highest BCUT2D eigenvalue weighted by Crippen LogP contribution is 2.36. The summed E-state index contributed by atoms with van der Waals surface area (Å²) in [6, 6.07) is 0. The normalized spacial score (nSPS) is 20.5. The van der Waals surface area contributed by atoms with Crippen LogP contribution in [0.2, 0.25) is 0 Å². The molecule has 0 amide bonds. The number of hydrogen-bond donors (Lipinski definition) is 0. The molecule has 2 fully saturated rings. The maximum atomic E-state index is 5.47. The molecule has 0 radical (unpaired) electrons. The molecule has 0 spiro atoms. The molecule has 6 heteroatoms. The summed E-state index contributed by atoms with van der Waals surface area (Å²) in [4.78, 5) is 17.4. The van der Waals surface area contributed by atoms with Gasteiger partial charge in [0, 0.05) is 31.1 Å². The Morgan fingerprint density at radius 2 is 1.80 bits per heavy atom. The van der Waals surface area contributed by atoms with Crippen LogP contribution < -0.4 is 4.90 Å². The second-order valence-electron chi connectivity index (χ2n) is 7.48. The van der Waals surface area contributed by atoms with Crippen molar-refractivity contribution in [2.24, 2.45) is 5.92 Å². The Bertz CT molecular complexity index is 745. The van der Waals surface area contributed by atoms with Crippen molar-refractivity contribution in [3.05, 3.63) is 16.3 Å². The van der Waals surface area contributed by atoms with Gasteiger partial charge in [-0.2, -0.15) is 0 Å². The van der Waals surface area contributed by atoms with E-state index >= 15 is 0 Å². The maximum absolute atomic E-state index is 5.47. The Hall–Kier alpha value is -1.24. The fraction of sp³-hybridized carbons (Fsp3) is 0.684. The van der Waals surface area contributed by atoms with Crippen LogP contribution in [0, 0.1) is 19.8 Å². The fourth-order valence-corrected chi connectivity index (χ4v) is 4.79. The summed E-state index contributed by atoms with van der Waals surface area (Å²) < 4.78 is 5.47. The number of ether oxygens (including phenoxy) is 1. The highest BCUT2D eigenvalue weighted by atomic mass is 32.1. The summed E-state index contributed by atoms with van der Waals surface area (Å²) in [5, 5.41) is 1.28. The van der Waals surface area contributed by atoms with Crippen LogP contribution in [0.5, 0.6) is 0 Å². The molecular formula is C19H28N4OS. The number of fused-ring (bicyclic) bond motifs is 1. The number of aryl methyl sites for hydroxylation is 2. The Labute approximate surface area is 154 Å². The van der Waals surface area contributed by atoms with Crippen LogP contribution in [0.1, 0.15) is 36.0 Å². The summed E-state index contributed by atoms with van der Waals surface area (Å²) >= 11 is 1.81. The van der Waals surface area contributed by atoms with Crippen LogP contribution in [0.25, 0.3) is 10.2 Å². The molecule has 2 aromatic heterocycles. The van der Waals surface area contributed by atoms with Gasteiger partial charge >= 0.3 is 0 Å². The van der Waals surface area contributed by atoms with Crippen LogP contribution in [-0.2, 0) is 11.3 Å². The summed E-state index contributed by atoms with van der Waals surface area (Å²) in [6.45, 7) is 13.4. The van der Waals surface area contributed by atoms with Crippen LogP contribution >= 0.6 is 11.3 Å². The maximum Gasteiger partial charge on any atom is 0.146 e. The number of piperidine rings is 1. The predicted molar refractivity (Wildman–Crippen MR) is 104 cm³/mol. The summed E-state index contributed by atoms with van der Waals surface area (Å²) in [5.41, 5.74) is 1.35. The molecule has 0 aromatic carbocycles. The van der Waals surface area contributed by atoms with E-state index in [4.69, 9.17) is 14.7 Å². The molecule has 2 aromatic rings. The Kier molecular flexibility index (Phi) is 4.93. The smallest absolute Gasteiger partial charge is 0.146 e. The van der Waals surface area contributed by atoms with Gasteiger partial charge in [0.05, 0.1) is 25.1 Å². The average molecular weight is 361 g/mol. The van der Waals surface area contributed by atoms with Crippen molar-refractivity contribution in [1.82, 2.24) is 14.9 Å². The molecule has 0 saturated carbocycles. The quantitative estimate of drug-likeness (QED) is 0.839. The number of aromatic nitrogens is 2. The van der Waals surface area contributed by atoms with Gasteiger partial charge in [0.15, 0.2) is 0 Å². The molecule has 25 heavy (non-hydrogen) atoms. The second kappa shape index (κ2) is 7.17. The number of rotatable bonds is 3. The molecule has 2 aliphatic heterocycles. The van der Waals surface area contributed by atoms with E-state index in [-0.39, 0.29) is 0 Å². The number of nitrogens with zero attached hydrogens (tertiary/aromatic N) is 4. The van der Waals surface area contributed by atoms with E-state index in [2.05, 4.69) is 30.6 Å². The lowest BCUT2D eigenvalue weighted by molar-refractivity contribution is 0.0331. The van der Waals surface area contributed by atoms with Crippen molar-refractivity contribution in [2.45, 2.75) is 40.2 Å². The number of hydrogen-bond acceptors (Lipinski definition) is 6. The average Bonchev–Trinajstić information content (AvgIpc) is 2.90. The molecule has 4 heterocycles. The van der Waals surface area contributed by atoms with E-state index in [1.807, 2.05) is 11.3 Å². The van der Waals surface area contributed by atoms with E-state index in [0.717, 1.165) is 62.5 Å². The third kappa shape index (κ3) is 3.52. The van der Waals surface area contributed by atoms with Gasteiger partial charge < -0.3 is 9.64 Å². The van der Waals surface area contributed by atoms with Crippen molar-refractivity contribution >= 4 is 27.4 Å². The van der Waals surface area contributed by atoms with Crippen molar-refractivity contribution in [2.75, 3.05) is 44.3 Å². The second-order valence-corrected chi connectivity index (χ2v) is 8.69. The van der Waals surface area contributed by atoms with Crippen LogP contribution in [0.4, 0.5) is 5.82 Å². The SMILES string of the molecule is Cc1sc2nc(CN3CCOCC3)nc(N3CCC(C)CC3)c2c1C. The zero-order valence-electron chi connectivity index (χ0n) is 15.5. The molecule has 2 aliphatic rings. The zero-order chi connectivity index (χ0) is 17.4. The summed E-state index contributed by atoms with van der Waals surface area (Å²) in [5.74, 6) is 2.96. The zero-order valence-corrected chi connectivity index (χ0v) is 16.4. The molecule has 0 N–H and O–H groups in total. The first kappa shape index (κ1) is 17.2. The molecule has 0 aliphatic carbocycles. The topological polar surface area (TPSA) is 41.5 Å². The van der Waals surface area contributed by atoms with Gasteiger partial charge in [0.1, 0.15) is 16.5 Å². The van der Waals surface area contributed by atoms with Gasteiger partial charge in [-0.1, -0.05) is 6.92 Å². The summed E-state index contributed by atoms with van der Waals surface area (Å²) in [6.07, 6.45) is 2.51. The van der Waals surface area contributed by atoms with Crippen molar-refractivity contribution in [3.63, 3.8) is 0 Å². The molecule has 2 saturated heterocycles. The third-order valence-electron chi connectivity index (χ3n) is 5.61. The van der Waals surface area contributed by atoms with Gasteiger partial charge in [-0.05, 0) is 38.2 Å². The monoisotopic (exact) mass is 360 g/mol. The lowest BCUT2D eigenvalue weighted by Gasteiger charge is -2.32. The van der Waals surface area contributed by atoms with Gasteiger partial charge in [-0.25, -0.2) is 9.97 Å². The minimum Gasteiger partial charge on any atom is -0.379 e. The molecule has 0 bridgehead atoms. The summed E-state index contributed by atoms with van der Waals surface area (Å²) in [7, 11) is 0. The minimum atomic E-state index is 0.816. The largest absolute Gasteiger partial charge is 0.379 e. The van der Waals surface area contributed by atoms with Crippen molar-refractivity contribution in [1.29, 1.82) is 0 Å². The molecule has 4 rings (SSSR count). The molecule has 0 atom stereocenters. The number of anilines is 1.